The molecule has 4 nitrogen and oxygen atoms in total. The molecule has 0 heterocycles. The van der Waals surface area contributed by atoms with Crippen molar-refractivity contribution in [3.8, 4) is 0 Å². The molecule has 0 aromatic heterocycles. The van der Waals surface area contributed by atoms with E-state index in [9.17, 15) is 15.0 Å². The van der Waals surface area contributed by atoms with E-state index in [4.69, 9.17) is 4.74 Å². The third-order valence-corrected chi connectivity index (χ3v) is 22.1. The minimum Gasteiger partial charge on any atom is -0.481 e. The van der Waals surface area contributed by atoms with Gasteiger partial charge in [0, 0.05) is 7.11 Å². The molecule has 0 saturated heterocycles. The third-order valence-electron chi connectivity index (χ3n) is 22.1. The molecule has 1 aliphatic carbocycles. The van der Waals surface area contributed by atoms with Gasteiger partial charge in [0.25, 0.3) is 0 Å². The van der Waals surface area contributed by atoms with E-state index in [0.29, 0.717) is 24.9 Å². The van der Waals surface area contributed by atoms with E-state index < -0.39 is 18.0 Å². The first-order valence-electron chi connectivity index (χ1n) is 42.4. The topological polar surface area (TPSA) is 66.8 Å². The van der Waals surface area contributed by atoms with E-state index in [1.165, 1.54) is 437 Å². The number of aliphatic hydroxyl groups is 1. The molecular weight excluding hydrogens is 1080 g/mol. The van der Waals surface area contributed by atoms with E-state index in [0.717, 1.165) is 37.5 Å². The highest BCUT2D eigenvalue weighted by molar-refractivity contribution is 5.70. The van der Waals surface area contributed by atoms with Crippen LogP contribution in [0.3, 0.4) is 0 Å². The number of ether oxygens (including phenoxy) is 1. The highest BCUT2D eigenvalue weighted by atomic mass is 16.5. The Hall–Kier alpha value is -0.610. The summed E-state index contributed by atoms with van der Waals surface area (Å²) in [4.78, 5) is 12.0. The number of hydrogen-bond acceptors (Lipinski definition) is 3. The molecule has 0 aromatic rings. The second kappa shape index (κ2) is 71.7. The van der Waals surface area contributed by atoms with E-state index >= 15 is 0 Å². The van der Waals surface area contributed by atoms with Crippen molar-refractivity contribution in [2.45, 2.75) is 508 Å². The fraction of sp³-hybridized carbons (Fsp3) is 0.988. The van der Waals surface area contributed by atoms with E-state index in [1.54, 1.807) is 0 Å². The lowest BCUT2D eigenvalue weighted by Gasteiger charge is -2.22. The van der Waals surface area contributed by atoms with Crippen molar-refractivity contribution in [1.29, 1.82) is 0 Å². The molecule has 0 aromatic carbocycles. The SMILES string of the molecule is CCCCCCCCCCCCCCCCCCCCCCCC[C@@H](C(=O)O)[C@H](O)CCCCCCCCCCCCCCC1CC1CCCCCCCCCCCCCCCCCCCC(OC)C(C)CCCCCCCCCCCCCCCCCC. The Bertz CT molecular complexity index is 1330. The second-order valence-corrected chi connectivity index (χ2v) is 30.7. The van der Waals surface area contributed by atoms with Gasteiger partial charge < -0.3 is 14.9 Å². The molecule has 1 saturated carbocycles. The predicted molar refractivity (Wildman–Crippen MR) is 397 cm³/mol. The number of rotatable bonds is 79. The predicted octanol–water partition coefficient (Wildman–Crippen LogP) is 29.9. The van der Waals surface area contributed by atoms with Crippen LogP contribution in [-0.2, 0) is 9.53 Å². The Morgan fingerprint density at radius 3 is 0.742 bits per heavy atom. The van der Waals surface area contributed by atoms with Gasteiger partial charge in [0.1, 0.15) is 0 Å². The van der Waals surface area contributed by atoms with E-state index in [-0.39, 0.29) is 0 Å². The number of hydrogen-bond donors (Lipinski definition) is 2. The highest BCUT2D eigenvalue weighted by Crippen LogP contribution is 2.46. The van der Waals surface area contributed by atoms with E-state index in [2.05, 4.69) is 20.8 Å². The van der Waals surface area contributed by atoms with E-state index in [1.807, 2.05) is 7.11 Å². The number of methoxy groups -OCH3 is 1. The zero-order chi connectivity index (χ0) is 64.1. The van der Waals surface area contributed by atoms with Crippen LogP contribution >= 0.6 is 0 Å². The summed E-state index contributed by atoms with van der Waals surface area (Å²) >= 11 is 0. The van der Waals surface area contributed by atoms with Gasteiger partial charge >= 0.3 is 5.97 Å². The molecule has 0 bridgehead atoms. The first kappa shape index (κ1) is 86.4. The molecule has 1 fully saturated rings. The molecule has 0 aliphatic heterocycles. The molecule has 0 radical (unpaired) electrons. The van der Waals surface area contributed by atoms with Crippen molar-refractivity contribution in [1.82, 2.24) is 0 Å². The summed E-state index contributed by atoms with van der Waals surface area (Å²) in [5.41, 5.74) is 0. The van der Waals surface area contributed by atoms with Gasteiger partial charge in [-0.25, -0.2) is 0 Å². The number of aliphatic carboxylic acids is 1. The summed E-state index contributed by atoms with van der Waals surface area (Å²) in [6.07, 6.45) is 102. The normalized spacial score (nSPS) is 15.5. The molecular formula is C85H168O4. The summed E-state index contributed by atoms with van der Waals surface area (Å²) in [6.45, 7) is 7.06. The Balaban J connectivity index is 1.76. The average Bonchev–Trinajstić information content (AvgIpc) is 4.45. The van der Waals surface area contributed by atoms with Gasteiger partial charge in [-0.3, -0.25) is 4.79 Å². The molecule has 1 aliphatic rings. The summed E-state index contributed by atoms with van der Waals surface area (Å²) in [5.74, 6) is 1.49. The van der Waals surface area contributed by atoms with Gasteiger partial charge in [0.05, 0.1) is 18.1 Å². The van der Waals surface area contributed by atoms with Crippen LogP contribution in [0.5, 0.6) is 0 Å². The average molecular weight is 1250 g/mol. The quantitative estimate of drug-likeness (QED) is 0.0596. The van der Waals surface area contributed by atoms with Gasteiger partial charge in [-0.2, -0.15) is 0 Å². The standard InChI is InChI=1S/C85H168O4/c1-5-7-9-11-13-15-17-19-21-23-24-25-26-27-30-34-38-45-51-57-63-69-75-82(85(87)88)83(86)76-70-64-58-52-46-41-40-44-50-56-62-68-74-81-78-80(81)73-67-61-55-49-43-37-33-29-28-31-35-39-47-53-59-65-71-77-84(89-4)79(3)72-66-60-54-48-42-36-32-22-20-18-16-14-12-10-8-6-2/h79-84,86H,5-78H2,1-4H3,(H,87,88)/t79?,80?,81?,82-,83-,84?/m1/s1. The van der Waals surface area contributed by atoms with Crippen LogP contribution in [0.1, 0.15) is 496 Å². The maximum Gasteiger partial charge on any atom is 0.309 e. The minimum atomic E-state index is -0.797. The number of carboxylic acid groups (broad SMARTS) is 1. The first-order valence-corrected chi connectivity index (χ1v) is 42.4. The zero-order valence-electron chi connectivity index (χ0n) is 62.0. The monoisotopic (exact) mass is 1250 g/mol. The van der Waals surface area contributed by atoms with Crippen molar-refractivity contribution >= 4 is 5.97 Å². The number of carbonyl (C=O) groups is 1. The van der Waals surface area contributed by atoms with Crippen LogP contribution in [0.4, 0.5) is 0 Å². The van der Waals surface area contributed by atoms with Crippen LogP contribution in [0.15, 0.2) is 0 Å². The molecule has 4 unspecified atom stereocenters. The zero-order valence-corrected chi connectivity index (χ0v) is 62.0. The van der Waals surface area contributed by atoms with Crippen LogP contribution in [-0.4, -0.2) is 35.5 Å². The minimum absolute atomic E-state index is 0.470. The maximum atomic E-state index is 12.0. The lowest BCUT2D eigenvalue weighted by molar-refractivity contribution is -0.146. The van der Waals surface area contributed by atoms with Crippen molar-refractivity contribution in [3.63, 3.8) is 0 Å². The van der Waals surface area contributed by atoms with Crippen LogP contribution in [0.2, 0.25) is 0 Å². The van der Waals surface area contributed by atoms with Gasteiger partial charge in [0.15, 0.2) is 0 Å². The van der Waals surface area contributed by atoms with Gasteiger partial charge in [-0.1, -0.05) is 464 Å². The molecule has 0 amide bonds. The van der Waals surface area contributed by atoms with Crippen LogP contribution < -0.4 is 0 Å². The number of unbranched alkanes of at least 4 members (excludes halogenated alkanes) is 63. The lowest BCUT2D eigenvalue weighted by atomic mass is 9.91. The molecule has 4 heteroatoms. The van der Waals surface area contributed by atoms with Crippen LogP contribution in [0.25, 0.3) is 0 Å². The van der Waals surface area contributed by atoms with Crippen molar-refractivity contribution < 1.29 is 19.7 Å². The molecule has 6 atom stereocenters. The maximum absolute atomic E-state index is 12.0. The van der Waals surface area contributed by atoms with Gasteiger partial charge in [0.2, 0.25) is 0 Å². The van der Waals surface area contributed by atoms with Crippen LogP contribution in [0, 0.1) is 23.7 Å². The summed E-state index contributed by atoms with van der Waals surface area (Å²) in [5, 5.41) is 20.6. The smallest absolute Gasteiger partial charge is 0.309 e. The Kier molecular flexibility index (Phi) is 69.6. The van der Waals surface area contributed by atoms with Crippen molar-refractivity contribution in [2.75, 3.05) is 7.11 Å². The highest BCUT2D eigenvalue weighted by Gasteiger charge is 2.35. The molecule has 2 N–H and O–H groups in total. The largest absolute Gasteiger partial charge is 0.481 e. The Morgan fingerprint density at radius 2 is 0.506 bits per heavy atom. The lowest BCUT2D eigenvalue weighted by Crippen LogP contribution is -2.28. The molecule has 0 spiro atoms. The molecule has 1 rings (SSSR count). The van der Waals surface area contributed by atoms with Gasteiger partial charge in [-0.05, 0) is 49.9 Å². The summed E-state index contributed by atoms with van der Waals surface area (Å²) < 4.78 is 5.98. The number of carboxylic acids is 1. The fourth-order valence-corrected chi connectivity index (χ4v) is 15.4. The summed E-state index contributed by atoms with van der Waals surface area (Å²) in [7, 11) is 1.96. The molecule has 89 heavy (non-hydrogen) atoms. The van der Waals surface area contributed by atoms with Crippen molar-refractivity contribution in [3.05, 3.63) is 0 Å². The third kappa shape index (κ3) is 63.2. The van der Waals surface area contributed by atoms with Crippen molar-refractivity contribution in [2.24, 2.45) is 23.7 Å². The first-order chi connectivity index (χ1) is 43.9. The fourth-order valence-electron chi connectivity index (χ4n) is 15.4. The molecule has 532 valence electrons. The Morgan fingerprint density at radius 1 is 0.303 bits per heavy atom. The second-order valence-electron chi connectivity index (χ2n) is 30.7. The summed E-state index contributed by atoms with van der Waals surface area (Å²) in [6, 6.07) is 0. The van der Waals surface area contributed by atoms with Gasteiger partial charge in [-0.15, -0.1) is 0 Å². The number of aliphatic hydroxyl groups excluding tert-OH is 1. The Labute approximate surface area is 561 Å².